The summed E-state index contributed by atoms with van der Waals surface area (Å²) in [5, 5.41) is 13.3. The Bertz CT molecular complexity index is 428. The minimum atomic E-state index is -0.110. The van der Waals surface area contributed by atoms with Gasteiger partial charge in [0.25, 0.3) is 5.96 Å². The topological polar surface area (TPSA) is 171 Å². The summed E-state index contributed by atoms with van der Waals surface area (Å²) in [4.78, 5) is 2.89. The second-order valence-corrected chi connectivity index (χ2v) is 2.95. The van der Waals surface area contributed by atoms with E-state index in [-0.39, 0.29) is 11.9 Å². The molecule has 0 spiro atoms. The molecule has 0 aromatic carbocycles. The molecule has 1 aromatic heterocycles. The number of rotatable bonds is 4. The average Bonchev–Trinajstić information content (AvgIpc) is 2.65. The van der Waals surface area contributed by atoms with Crippen molar-refractivity contribution in [3.05, 3.63) is 23.5 Å². The Balaban J connectivity index is 2.79. The molecule has 0 fully saturated rings. The van der Waals surface area contributed by atoms with E-state index in [4.69, 9.17) is 22.9 Å². The van der Waals surface area contributed by atoms with Gasteiger partial charge < -0.3 is 27.9 Å². The van der Waals surface area contributed by atoms with Crippen LogP contribution in [0.25, 0.3) is 0 Å². The van der Waals surface area contributed by atoms with Gasteiger partial charge in [0.15, 0.2) is 0 Å². The van der Waals surface area contributed by atoms with E-state index in [1.54, 1.807) is 18.6 Å². The Morgan fingerprint density at radius 1 is 1.12 bits per heavy atom. The van der Waals surface area contributed by atoms with Crippen molar-refractivity contribution in [2.45, 2.75) is 0 Å². The number of nitrogens with two attached hydrogens (primary N) is 4. The fraction of sp³-hybridized carbons (Fsp3) is 0. The van der Waals surface area contributed by atoms with E-state index < -0.39 is 0 Å². The highest BCUT2D eigenvalue weighted by Crippen LogP contribution is 2.00. The Hall–Kier alpha value is -2.84. The van der Waals surface area contributed by atoms with Gasteiger partial charge in [0.05, 0.1) is 11.8 Å². The van der Waals surface area contributed by atoms with E-state index in [0.717, 1.165) is 11.1 Å². The van der Waals surface area contributed by atoms with E-state index in [1.807, 2.05) is 0 Å². The first-order valence-electron chi connectivity index (χ1n) is 4.55. The number of nitrogens with zero attached hydrogens (tertiary/aromatic N) is 3. The standard InChI is InChI=1S/C8H13N9/c9-7(10)16-14-3-5-1-13-2-6(5)4-15-17-8(11)12/h1-4,13H,(H4,9,10,16)(H4,11,12,17)/p+1/b14-3+,15-4+. The summed E-state index contributed by atoms with van der Waals surface area (Å²) >= 11 is 0. The fourth-order valence-electron chi connectivity index (χ4n) is 0.959. The molecule has 0 aliphatic rings. The minimum absolute atomic E-state index is 0.0625. The van der Waals surface area contributed by atoms with E-state index >= 15 is 0 Å². The van der Waals surface area contributed by atoms with Gasteiger partial charge in [-0.1, -0.05) is 0 Å². The minimum Gasteiger partial charge on any atom is -0.369 e. The molecule has 0 radical (unpaired) electrons. The summed E-state index contributed by atoms with van der Waals surface area (Å²) in [6.07, 6.45) is 6.52. The molecule has 0 amide bonds. The first-order valence-corrected chi connectivity index (χ1v) is 4.55. The van der Waals surface area contributed by atoms with Gasteiger partial charge in [-0.05, 0) is 0 Å². The summed E-state index contributed by atoms with van der Waals surface area (Å²) in [5.41, 5.74) is 22.1. The molecule has 90 valence electrons. The van der Waals surface area contributed by atoms with Crippen molar-refractivity contribution in [3.63, 3.8) is 0 Å². The predicted octanol–water partition coefficient (Wildman–Crippen LogP) is -3.69. The monoisotopic (exact) mass is 236 g/mol. The van der Waals surface area contributed by atoms with Crippen LogP contribution in [0.15, 0.2) is 27.7 Å². The van der Waals surface area contributed by atoms with Crippen molar-refractivity contribution >= 4 is 24.3 Å². The molecule has 1 aromatic rings. The van der Waals surface area contributed by atoms with Gasteiger partial charge in [-0.15, -0.1) is 10.2 Å². The van der Waals surface area contributed by atoms with Crippen LogP contribution in [0.2, 0.25) is 0 Å². The Kier molecular flexibility index (Phi) is 4.25. The molecule has 0 aliphatic carbocycles. The van der Waals surface area contributed by atoms with Crippen LogP contribution in [-0.4, -0.2) is 29.3 Å². The maximum Gasteiger partial charge on any atom is 0.256 e. The second kappa shape index (κ2) is 5.90. The second-order valence-electron chi connectivity index (χ2n) is 2.95. The first kappa shape index (κ1) is 12.2. The van der Waals surface area contributed by atoms with Crippen LogP contribution >= 0.6 is 0 Å². The summed E-state index contributed by atoms with van der Waals surface area (Å²) in [6.45, 7) is 0. The summed E-state index contributed by atoms with van der Waals surface area (Å²) < 4.78 is 0. The van der Waals surface area contributed by atoms with E-state index in [0.29, 0.717) is 0 Å². The van der Waals surface area contributed by atoms with Crippen molar-refractivity contribution in [2.75, 3.05) is 0 Å². The molecule has 1 rings (SSSR count). The quantitative estimate of drug-likeness (QED) is 0.180. The van der Waals surface area contributed by atoms with Crippen LogP contribution in [0, 0.1) is 0 Å². The fourth-order valence-corrected chi connectivity index (χ4v) is 0.959. The molecule has 0 bridgehead atoms. The summed E-state index contributed by atoms with van der Waals surface area (Å²) in [6, 6.07) is 0. The lowest BCUT2D eigenvalue weighted by Crippen LogP contribution is -2.63. The van der Waals surface area contributed by atoms with Crippen molar-refractivity contribution in [1.29, 1.82) is 0 Å². The highest BCUT2D eigenvalue weighted by atomic mass is 15.3. The lowest BCUT2D eigenvalue weighted by Gasteiger charge is -1.86. The number of guanidine groups is 2. The van der Waals surface area contributed by atoms with E-state index in [9.17, 15) is 0 Å². The molecule has 17 heavy (non-hydrogen) atoms. The van der Waals surface area contributed by atoms with Gasteiger partial charge in [-0.2, -0.15) is 5.10 Å². The number of hydrogen-bond donors (Lipinski definition) is 6. The molecule has 1 heterocycles. The van der Waals surface area contributed by atoms with Gasteiger partial charge in [0.1, 0.15) is 0 Å². The third kappa shape index (κ3) is 4.46. The highest BCUT2D eigenvalue weighted by molar-refractivity contribution is 5.92. The summed E-state index contributed by atoms with van der Waals surface area (Å²) in [7, 11) is 0. The van der Waals surface area contributed by atoms with Crippen LogP contribution in [0.4, 0.5) is 0 Å². The normalized spacial score (nSPS) is 10.8. The molecule has 10 N–H and O–H groups in total. The van der Waals surface area contributed by atoms with Gasteiger partial charge in [-0.3, -0.25) is 0 Å². The molecular formula is C8H14N9+. The van der Waals surface area contributed by atoms with Gasteiger partial charge in [-0.25, -0.2) is 0 Å². The molecule has 0 saturated heterocycles. The predicted molar refractivity (Wildman–Crippen MR) is 66.1 cm³/mol. The number of hydrogen-bond acceptors (Lipinski definition) is 3. The third-order valence-electron chi connectivity index (χ3n) is 1.59. The molecule has 9 nitrogen and oxygen atoms in total. The molecule has 9 heteroatoms. The largest absolute Gasteiger partial charge is 0.369 e. The maximum absolute atomic E-state index is 5.15. The Morgan fingerprint density at radius 3 is 2.47 bits per heavy atom. The zero-order chi connectivity index (χ0) is 12.7. The third-order valence-corrected chi connectivity index (χ3v) is 1.59. The lowest BCUT2D eigenvalue weighted by molar-refractivity contribution is -0.456. The zero-order valence-electron chi connectivity index (χ0n) is 8.96. The van der Waals surface area contributed by atoms with Gasteiger partial charge in [0, 0.05) is 23.1 Å². The number of aromatic amines is 1. The number of aromatic nitrogens is 1. The number of H-pyrrole nitrogens is 1. The summed E-state index contributed by atoms with van der Waals surface area (Å²) in [5.74, 6) is -0.173. The SMILES string of the molecule is NC(N)=N/N=C/c1c[nH]cc1/C=[NH+]/N=C(N)N. The van der Waals surface area contributed by atoms with Crippen molar-refractivity contribution in [1.82, 2.24) is 4.98 Å². The van der Waals surface area contributed by atoms with E-state index in [2.05, 4.69) is 25.4 Å². The van der Waals surface area contributed by atoms with Crippen LogP contribution in [0.3, 0.4) is 0 Å². The van der Waals surface area contributed by atoms with Crippen molar-refractivity contribution < 1.29 is 5.10 Å². The first-order chi connectivity index (χ1) is 8.09. The van der Waals surface area contributed by atoms with Gasteiger partial charge in [0.2, 0.25) is 12.2 Å². The molecule has 0 atom stereocenters. The number of hydrazone groups is 1. The average molecular weight is 236 g/mol. The Morgan fingerprint density at radius 2 is 1.82 bits per heavy atom. The maximum atomic E-state index is 5.15. The molecular weight excluding hydrogens is 222 g/mol. The molecule has 0 unspecified atom stereocenters. The van der Waals surface area contributed by atoms with E-state index in [1.165, 1.54) is 6.21 Å². The lowest BCUT2D eigenvalue weighted by atomic mass is 10.2. The number of nitrogens with one attached hydrogen (secondary N) is 2. The Labute approximate surface area is 97.0 Å². The van der Waals surface area contributed by atoms with Crippen LogP contribution in [0.5, 0.6) is 0 Å². The van der Waals surface area contributed by atoms with Crippen molar-refractivity contribution in [3.8, 4) is 0 Å². The van der Waals surface area contributed by atoms with Crippen LogP contribution in [-0.2, 0) is 0 Å². The van der Waals surface area contributed by atoms with Crippen LogP contribution < -0.4 is 28.0 Å². The molecule has 0 saturated carbocycles. The smallest absolute Gasteiger partial charge is 0.256 e. The van der Waals surface area contributed by atoms with Crippen molar-refractivity contribution in [2.24, 2.45) is 38.2 Å². The zero-order valence-corrected chi connectivity index (χ0v) is 8.96. The highest BCUT2D eigenvalue weighted by Gasteiger charge is 2.00. The van der Waals surface area contributed by atoms with Crippen LogP contribution in [0.1, 0.15) is 11.1 Å². The molecule has 0 aliphatic heterocycles. The van der Waals surface area contributed by atoms with Gasteiger partial charge >= 0.3 is 0 Å².